The zero-order valence-corrected chi connectivity index (χ0v) is 11.0. The molecule has 2 unspecified atom stereocenters. The van der Waals surface area contributed by atoms with Crippen molar-refractivity contribution in [3.05, 3.63) is 0 Å². The number of hydrogen-bond donors (Lipinski definition) is 2. The van der Waals surface area contributed by atoms with Crippen molar-refractivity contribution in [2.24, 2.45) is 11.8 Å². The summed E-state index contributed by atoms with van der Waals surface area (Å²) in [5, 5.41) is 6.33. The number of rotatable bonds is 4. The third-order valence-electron chi connectivity index (χ3n) is 4.27. The predicted octanol–water partition coefficient (Wildman–Crippen LogP) is 2.07. The normalized spacial score (nSPS) is 33.6. The van der Waals surface area contributed by atoms with Crippen molar-refractivity contribution in [3.8, 4) is 0 Å². The molecule has 1 saturated heterocycles. The molecule has 0 radical (unpaired) electrons. The molecule has 98 valence electrons. The van der Waals surface area contributed by atoms with Gasteiger partial charge in [-0.2, -0.15) is 0 Å². The van der Waals surface area contributed by atoms with Crippen LogP contribution in [0.4, 0.5) is 0 Å². The van der Waals surface area contributed by atoms with Gasteiger partial charge in [0.1, 0.15) is 0 Å². The molecule has 2 rings (SSSR count). The van der Waals surface area contributed by atoms with Crippen LogP contribution in [-0.2, 0) is 4.79 Å². The molecule has 3 nitrogen and oxygen atoms in total. The predicted molar refractivity (Wildman–Crippen MR) is 69.8 cm³/mol. The van der Waals surface area contributed by atoms with Crippen molar-refractivity contribution in [1.29, 1.82) is 0 Å². The van der Waals surface area contributed by atoms with Crippen LogP contribution in [0.15, 0.2) is 0 Å². The summed E-state index contributed by atoms with van der Waals surface area (Å²) in [5.41, 5.74) is 0. The van der Waals surface area contributed by atoms with Crippen LogP contribution in [0.1, 0.15) is 51.9 Å². The molecule has 0 aromatic carbocycles. The number of carbonyl (C=O) groups is 1. The van der Waals surface area contributed by atoms with Crippen LogP contribution in [-0.4, -0.2) is 25.0 Å². The second kappa shape index (κ2) is 6.39. The smallest absolute Gasteiger partial charge is 0.237 e. The lowest BCUT2D eigenvalue weighted by Gasteiger charge is -2.26. The van der Waals surface area contributed by atoms with Crippen LogP contribution in [0.25, 0.3) is 0 Å². The maximum Gasteiger partial charge on any atom is 0.237 e. The Labute approximate surface area is 105 Å². The number of nitrogens with one attached hydrogen (secondary N) is 2. The Morgan fingerprint density at radius 3 is 2.88 bits per heavy atom. The molecule has 3 heteroatoms. The van der Waals surface area contributed by atoms with Gasteiger partial charge in [0, 0.05) is 6.54 Å². The molecule has 17 heavy (non-hydrogen) atoms. The summed E-state index contributed by atoms with van der Waals surface area (Å²) in [6.07, 6.45) is 8.81. The Balaban J connectivity index is 1.60. The highest BCUT2D eigenvalue weighted by Gasteiger charge is 2.22. The Morgan fingerprint density at radius 2 is 2.18 bits per heavy atom. The molecular weight excluding hydrogens is 212 g/mol. The topological polar surface area (TPSA) is 41.1 Å². The van der Waals surface area contributed by atoms with Crippen molar-refractivity contribution in [3.63, 3.8) is 0 Å². The Morgan fingerprint density at radius 1 is 1.29 bits per heavy atom. The van der Waals surface area contributed by atoms with E-state index in [0.29, 0.717) is 0 Å². The second-order valence-electron chi connectivity index (χ2n) is 5.87. The third-order valence-corrected chi connectivity index (χ3v) is 4.27. The molecule has 1 saturated carbocycles. The molecule has 0 bridgehead atoms. The molecule has 1 aliphatic carbocycles. The molecule has 0 spiro atoms. The van der Waals surface area contributed by atoms with Gasteiger partial charge >= 0.3 is 0 Å². The molecule has 1 heterocycles. The van der Waals surface area contributed by atoms with E-state index in [1.165, 1.54) is 32.1 Å². The van der Waals surface area contributed by atoms with Gasteiger partial charge < -0.3 is 10.6 Å². The minimum atomic E-state index is 0.0836. The zero-order valence-electron chi connectivity index (χ0n) is 11.0. The van der Waals surface area contributed by atoms with Gasteiger partial charge in [-0.3, -0.25) is 4.79 Å². The van der Waals surface area contributed by atoms with Crippen LogP contribution in [0, 0.1) is 11.8 Å². The van der Waals surface area contributed by atoms with Crippen LogP contribution in [0.2, 0.25) is 0 Å². The molecule has 1 amide bonds. The minimum absolute atomic E-state index is 0.0836. The van der Waals surface area contributed by atoms with Gasteiger partial charge in [0.25, 0.3) is 0 Å². The summed E-state index contributed by atoms with van der Waals surface area (Å²) in [6, 6.07) is 0.0836. The molecule has 3 atom stereocenters. The van der Waals surface area contributed by atoms with Crippen LogP contribution in [0.5, 0.6) is 0 Å². The quantitative estimate of drug-likeness (QED) is 0.787. The van der Waals surface area contributed by atoms with Crippen molar-refractivity contribution in [1.82, 2.24) is 10.6 Å². The molecule has 2 N–H and O–H groups in total. The lowest BCUT2D eigenvalue weighted by Crippen LogP contribution is -2.41. The molecular formula is C14H26N2O. The van der Waals surface area contributed by atoms with E-state index in [2.05, 4.69) is 17.6 Å². The van der Waals surface area contributed by atoms with Gasteiger partial charge in [0.15, 0.2) is 0 Å². The average molecular weight is 238 g/mol. The summed E-state index contributed by atoms with van der Waals surface area (Å²) >= 11 is 0. The van der Waals surface area contributed by atoms with E-state index in [9.17, 15) is 4.79 Å². The van der Waals surface area contributed by atoms with Gasteiger partial charge in [0.2, 0.25) is 5.91 Å². The van der Waals surface area contributed by atoms with Gasteiger partial charge in [-0.25, -0.2) is 0 Å². The SMILES string of the molecule is CC1CCCC(CCNC(=O)[C@H]2CCCN2)C1. The summed E-state index contributed by atoms with van der Waals surface area (Å²) in [5.74, 6) is 1.95. The Hall–Kier alpha value is -0.570. The fraction of sp³-hybridized carbons (Fsp3) is 0.929. The van der Waals surface area contributed by atoms with Gasteiger partial charge in [0.05, 0.1) is 6.04 Å². The number of amides is 1. The van der Waals surface area contributed by atoms with Crippen molar-refractivity contribution < 1.29 is 4.79 Å². The van der Waals surface area contributed by atoms with E-state index >= 15 is 0 Å². The monoisotopic (exact) mass is 238 g/mol. The highest BCUT2D eigenvalue weighted by atomic mass is 16.2. The van der Waals surface area contributed by atoms with Gasteiger partial charge in [-0.05, 0) is 44.1 Å². The first-order valence-electron chi connectivity index (χ1n) is 7.27. The van der Waals surface area contributed by atoms with Crippen LogP contribution < -0.4 is 10.6 Å². The maximum absolute atomic E-state index is 11.8. The van der Waals surface area contributed by atoms with Gasteiger partial charge in [-0.1, -0.05) is 26.2 Å². The first-order chi connectivity index (χ1) is 8.25. The fourth-order valence-electron chi connectivity index (χ4n) is 3.25. The largest absolute Gasteiger partial charge is 0.355 e. The molecule has 2 fully saturated rings. The standard InChI is InChI=1S/C14H26N2O/c1-11-4-2-5-12(10-11)7-9-16-14(17)13-6-3-8-15-13/h11-13,15H,2-10H2,1H3,(H,16,17)/t11?,12?,13-/m1/s1. The molecule has 0 aromatic heterocycles. The zero-order chi connectivity index (χ0) is 12.1. The minimum Gasteiger partial charge on any atom is -0.355 e. The summed E-state index contributed by atoms with van der Waals surface area (Å²) in [6.45, 7) is 4.22. The van der Waals surface area contributed by atoms with Gasteiger partial charge in [-0.15, -0.1) is 0 Å². The first-order valence-corrected chi connectivity index (χ1v) is 7.27. The Kier molecular flexibility index (Phi) is 4.84. The van der Waals surface area contributed by atoms with Crippen molar-refractivity contribution >= 4 is 5.91 Å². The van der Waals surface area contributed by atoms with E-state index in [-0.39, 0.29) is 11.9 Å². The number of carbonyl (C=O) groups excluding carboxylic acids is 1. The molecule has 2 aliphatic rings. The number of hydrogen-bond acceptors (Lipinski definition) is 2. The Bertz CT molecular complexity index is 249. The summed E-state index contributed by atoms with van der Waals surface area (Å²) < 4.78 is 0. The second-order valence-corrected chi connectivity index (χ2v) is 5.87. The summed E-state index contributed by atoms with van der Waals surface area (Å²) in [7, 11) is 0. The average Bonchev–Trinajstić information content (AvgIpc) is 2.82. The lowest BCUT2D eigenvalue weighted by atomic mass is 9.81. The third kappa shape index (κ3) is 3.98. The van der Waals surface area contributed by atoms with E-state index < -0.39 is 0 Å². The fourth-order valence-corrected chi connectivity index (χ4v) is 3.25. The summed E-state index contributed by atoms with van der Waals surface area (Å²) in [4.78, 5) is 11.8. The van der Waals surface area contributed by atoms with E-state index in [0.717, 1.165) is 37.8 Å². The van der Waals surface area contributed by atoms with Crippen molar-refractivity contribution in [2.75, 3.05) is 13.1 Å². The first kappa shape index (κ1) is 12.9. The van der Waals surface area contributed by atoms with Crippen LogP contribution >= 0.6 is 0 Å². The van der Waals surface area contributed by atoms with Crippen molar-refractivity contribution in [2.45, 2.75) is 57.9 Å². The highest BCUT2D eigenvalue weighted by molar-refractivity contribution is 5.81. The molecule has 0 aromatic rings. The van der Waals surface area contributed by atoms with Crippen LogP contribution in [0.3, 0.4) is 0 Å². The van der Waals surface area contributed by atoms with E-state index in [1.807, 2.05) is 0 Å². The highest BCUT2D eigenvalue weighted by Crippen LogP contribution is 2.30. The van der Waals surface area contributed by atoms with E-state index in [1.54, 1.807) is 0 Å². The van der Waals surface area contributed by atoms with E-state index in [4.69, 9.17) is 0 Å². The maximum atomic E-state index is 11.8. The molecule has 1 aliphatic heterocycles. The lowest BCUT2D eigenvalue weighted by molar-refractivity contribution is -0.122.